The van der Waals surface area contributed by atoms with Crippen LogP contribution in [0.2, 0.25) is 0 Å². The van der Waals surface area contributed by atoms with Crippen LogP contribution in [0.15, 0.2) is 33.5 Å². The lowest BCUT2D eigenvalue weighted by Gasteiger charge is -2.12. The van der Waals surface area contributed by atoms with Crippen LogP contribution >= 0.6 is 0 Å². The molecule has 5 heteroatoms. The second-order valence-corrected chi connectivity index (χ2v) is 4.05. The number of oxazole rings is 1. The summed E-state index contributed by atoms with van der Waals surface area (Å²) in [5, 5.41) is 2.73. The first-order chi connectivity index (χ1) is 8.08. The molecule has 0 unspecified atom stereocenters. The zero-order valence-corrected chi connectivity index (χ0v) is 9.77. The summed E-state index contributed by atoms with van der Waals surface area (Å²) in [6.07, 6.45) is 0. The van der Waals surface area contributed by atoms with Crippen LogP contribution in [0.25, 0.3) is 11.1 Å². The molecule has 1 amide bonds. The molecule has 0 saturated heterocycles. The van der Waals surface area contributed by atoms with Gasteiger partial charge in [0, 0.05) is 19.5 Å². The van der Waals surface area contributed by atoms with Crippen LogP contribution in [0.1, 0.15) is 13.8 Å². The van der Waals surface area contributed by atoms with E-state index < -0.39 is 5.76 Å². The van der Waals surface area contributed by atoms with E-state index in [1.54, 1.807) is 6.07 Å². The van der Waals surface area contributed by atoms with Crippen molar-refractivity contribution in [3.05, 3.63) is 34.8 Å². The predicted molar refractivity (Wildman–Crippen MR) is 63.8 cm³/mol. The summed E-state index contributed by atoms with van der Waals surface area (Å²) in [7, 11) is 0. The molecule has 1 N–H and O–H groups in total. The smallest absolute Gasteiger partial charge is 0.408 e. The highest BCUT2D eigenvalue weighted by Gasteiger charge is 2.11. The molecule has 0 fully saturated rings. The van der Waals surface area contributed by atoms with E-state index in [-0.39, 0.29) is 11.9 Å². The largest absolute Gasteiger partial charge is 0.420 e. The highest BCUT2D eigenvalue weighted by atomic mass is 16.4. The number of benzene rings is 1. The number of amides is 1. The molecule has 1 aromatic heterocycles. The maximum atomic E-state index is 11.6. The van der Waals surface area contributed by atoms with Gasteiger partial charge in [-0.25, -0.2) is 4.79 Å². The fourth-order valence-corrected chi connectivity index (χ4v) is 1.85. The maximum absolute atomic E-state index is 11.6. The lowest BCUT2D eigenvalue weighted by atomic mass is 10.3. The number of hydrogen-bond acceptors (Lipinski definition) is 3. The van der Waals surface area contributed by atoms with Gasteiger partial charge in [0.05, 0.1) is 5.52 Å². The molecule has 1 heterocycles. The molecule has 5 nitrogen and oxygen atoms in total. The van der Waals surface area contributed by atoms with Gasteiger partial charge in [0.2, 0.25) is 5.91 Å². The van der Waals surface area contributed by atoms with Crippen LogP contribution in [0.5, 0.6) is 0 Å². The number of hydrogen-bond donors (Lipinski definition) is 1. The first-order valence-electron chi connectivity index (χ1n) is 5.43. The van der Waals surface area contributed by atoms with Gasteiger partial charge in [0.15, 0.2) is 5.58 Å². The topological polar surface area (TPSA) is 64.2 Å². The highest BCUT2D eigenvalue weighted by Crippen LogP contribution is 2.11. The van der Waals surface area contributed by atoms with E-state index in [1.165, 1.54) is 11.5 Å². The van der Waals surface area contributed by atoms with Gasteiger partial charge in [-0.3, -0.25) is 9.36 Å². The average Bonchev–Trinajstić information content (AvgIpc) is 2.55. The molecule has 0 bridgehead atoms. The quantitative estimate of drug-likeness (QED) is 0.865. The van der Waals surface area contributed by atoms with E-state index in [0.29, 0.717) is 12.1 Å². The van der Waals surface area contributed by atoms with Crippen molar-refractivity contribution >= 4 is 17.0 Å². The maximum Gasteiger partial charge on any atom is 0.420 e. The number of nitrogens with zero attached hydrogens (tertiary/aromatic N) is 1. The minimum absolute atomic E-state index is 0.113. The van der Waals surface area contributed by atoms with Gasteiger partial charge in [0.25, 0.3) is 0 Å². The second-order valence-electron chi connectivity index (χ2n) is 4.05. The Bertz CT molecular complexity index is 597. The van der Waals surface area contributed by atoms with Crippen molar-refractivity contribution in [3.8, 4) is 0 Å². The van der Waals surface area contributed by atoms with Crippen LogP contribution in [0, 0.1) is 0 Å². The van der Waals surface area contributed by atoms with Gasteiger partial charge in [-0.05, 0) is 19.1 Å². The Labute approximate surface area is 98.0 Å². The number of nitrogens with one attached hydrogen (secondary N) is 1. The predicted octanol–water partition coefficient (Wildman–Crippen LogP) is 1.12. The molecule has 2 rings (SSSR count). The molecule has 0 saturated carbocycles. The number of aromatic nitrogens is 1. The molecule has 0 aliphatic heterocycles. The zero-order chi connectivity index (χ0) is 12.4. The Morgan fingerprint density at radius 3 is 2.88 bits per heavy atom. The summed E-state index contributed by atoms with van der Waals surface area (Å²) in [5.74, 6) is -0.512. The first-order valence-corrected chi connectivity index (χ1v) is 5.43. The Morgan fingerprint density at radius 1 is 1.47 bits per heavy atom. The zero-order valence-electron chi connectivity index (χ0n) is 9.77. The normalized spacial score (nSPS) is 12.6. The van der Waals surface area contributed by atoms with Gasteiger partial charge in [-0.2, -0.15) is 0 Å². The Kier molecular flexibility index (Phi) is 2.99. The Hall–Kier alpha value is -2.04. The Balaban J connectivity index is 2.32. The highest BCUT2D eigenvalue weighted by molar-refractivity contribution is 5.73. The SMILES string of the molecule is CC(=O)N[C@@H](C)Cn1c(=O)oc2ccccc21. The molecular weight excluding hydrogens is 220 g/mol. The number of carbonyl (C=O) groups excluding carboxylic acids is 1. The summed E-state index contributed by atoms with van der Waals surface area (Å²) in [6, 6.07) is 7.10. The van der Waals surface area contributed by atoms with E-state index in [0.717, 1.165) is 5.52 Å². The monoisotopic (exact) mass is 234 g/mol. The average molecular weight is 234 g/mol. The summed E-state index contributed by atoms with van der Waals surface area (Å²) in [4.78, 5) is 22.6. The van der Waals surface area contributed by atoms with E-state index >= 15 is 0 Å². The molecule has 0 spiro atoms. The van der Waals surface area contributed by atoms with E-state index in [9.17, 15) is 9.59 Å². The summed E-state index contributed by atoms with van der Waals surface area (Å²) >= 11 is 0. The number of para-hydroxylation sites is 2. The summed E-state index contributed by atoms with van der Waals surface area (Å²) in [6.45, 7) is 3.69. The third-order valence-corrected chi connectivity index (χ3v) is 2.48. The van der Waals surface area contributed by atoms with Gasteiger partial charge in [0.1, 0.15) is 0 Å². The first kappa shape index (κ1) is 11.4. The van der Waals surface area contributed by atoms with E-state index in [2.05, 4.69) is 5.32 Å². The molecule has 0 radical (unpaired) electrons. The number of fused-ring (bicyclic) bond motifs is 1. The molecule has 90 valence electrons. The number of rotatable bonds is 3. The lowest BCUT2D eigenvalue weighted by molar-refractivity contribution is -0.119. The fourth-order valence-electron chi connectivity index (χ4n) is 1.85. The third-order valence-electron chi connectivity index (χ3n) is 2.48. The van der Waals surface area contributed by atoms with Crippen molar-refractivity contribution in [2.24, 2.45) is 0 Å². The minimum Gasteiger partial charge on any atom is -0.408 e. The van der Waals surface area contributed by atoms with Crippen molar-refractivity contribution in [1.29, 1.82) is 0 Å². The molecule has 2 aromatic rings. The molecule has 0 aliphatic carbocycles. The molecule has 0 aliphatic rings. The van der Waals surface area contributed by atoms with Gasteiger partial charge >= 0.3 is 5.76 Å². The van der Waals surface area contributed by atoms with Crippen molar-refractivity contribution in [2.45, 2.75) is 26.4 Å². The van der Waals surface area contributed by atoms with Gasteiger partial charge in [-0.1, -0.05) is 12.1 Å². The molecule has 1 atom stereocenters. The summed E-state index contributed by atoms with van der Waals surface area (Å²) < 4.78 is 6.62. The minimum atomic E-state index is -0.400. The van der Waals surface area contributed by atoms with Crippen LogP contribution < -0.4 is 11.1 Å². The van der Waals surface area contributed by atoms with Crippen LogP contribution in [0.4, 0.5) is 0 Å². The second kappa shape index (κ2) is 4.45. The van der Waals surface area contributed by atoms with Gasteiger partial charge < -0.3 is 9.73 Å². The molecular formula is C12H14N2O3. The van der Waals surface area contributed by atoms with Gasteiger partial charge in [-0.15, -0.1) is 0 Å². The molecule has 1 aromatic carbocycles. The van der Waals surface area contributed by atoms with E-state index in [4.69, 9.17) is 4.42 Å². The fraction of sp³-hybridized carbons (Fsp3) is 0.333. The summed E-state index contributed by atoms with van der Waals surface area (Å²) in [5.41, 5.74) is 1.31. The third kappa shape index (κ3) is 2.38. The lowest BCUT2D eigenvalue weighted by Crippen LogP contribution is -2.35. The van der Waals surface area contributed by atoms with Crippen LogP contribution in [-0.2, 0) is 11.3 Å². The Morgan fingerprint density at radius 2 is 2.18 bits per heavy atom. The van der Waals surface area contributed by atoms with Crippen molar-refractivity contribution in [1.82, 2.24) is 9.88 Å². The van der Waals surface area contributed by atoms with Crippen molar-refractivity contribution in [2.75, 3.05) is 0 Å². The molecule has 17 heavy (non-hydrogen) atoms. The standard InChI is InChI=1S/C12H14N2O3/c1-8(13-9(2)15)7-14-10-5-3-4-6-11(10)17-12(14)16/h3-6,8H,7H2,1-2H3,(H,13,15)/t8-/m0/s1. The number of carbonyl (C=O) groups is 1. The van der Waals surface area contributed by atoms with E-state index in [1.807, 2.05) is 25.1 Å². The van der Waals surface area contributed by atoms with Crippen LogP contribution in [0.3, 0.4) is 0 Å². The van der Waals surface area contributed by atoms with Crippen LogP contribution in [-0.4, -0.2) is 16.5 Å². The van der Waals surface area contributed by atoms with Crippen molar-refractivity contribution < 1.29 is 9.21 Å². The van der Waals surface area contributed by atoms with Crippen molar-refractivity contribution in [3.63, 3.8) is 0 Å².